The molecule has 0 saturated heterocycles. The maximum atomic E-state index is 11.4. The summed E-state index contributed by atoms with van der Waals surface area (Å²) in [6, 6.07) is 11.2. The predicted octanol–water partition coefficient (Wildman–Crippen LogP) is 4.50. The minimum Gasteiger partial charge on any atom is -0.348 e. The molecule has 1 amide bonds. The third-order valence-corrected chi connectivity index (χ3v) is 3.91. The molecule has 1 heterocycles. The average Bonchev–Trinajstić information content (AvgIpc) is 2.93. The lowest BCUT2D eigenvalue weighted by Gasteiger charge is -2.04. The van der Waals surface area contributed by atoms with Crippen molar-refractivity contribution in [2.45, 2.75) is 0 Å². The Kier molecular flexibility index (Phi) is 4.26. The van der Waals surface area contributed by atoms with Crippen LogP contribution in [0.4, 0.5) is 4.79 Å². The van der Waals surface area contributed by atoms with E-state index in [0.29, 0.717) is 32.0 Å². The molecule has 0 fully saturated rings. The molecule has 2 N–H and O–H groups in total. The van der Waals surface area contributed by atoms with Gasteiger partial charge in [-0.3, -0.25) is 0 Å². The van der Waals surface area contributed by atoms with Crippen LogP contribution in [0.25, 0.3) is 22.5 Å². The first kappa shape index (κ1) is 15.8. The summed E-state index contributed by atoms with van der Waals surface area (Å²) in [7, 11) is 0. The zero-order valence-corrected chi connectivity index (χ0v) is 13.8. The normalized spacial score (nSPS) is 10.7. The van der Waals surface area contributed by atoms with Gasteiger partial charge in [0.15, 0.2) is 0 Å². The lowest BCUT2D eigenvalue weighted by Crippen LogP contribution is -2.22. The van der Waals surface area contributed by atoms with E-state index in [4.69, 9.17) is 40.5 Å². The molecule has 5 nitrogen and oxygen atoms in total. The molecule has 23 heavy (non-hydrogen) atoms. The van der Waals surface area contributed by atoms with Crippen molar-refractivity contribution < 1.29 is 4.79 Å². The Balaban J connectivity index is 2.22. The van der Waals surface area contributed by atoms with E-state index in [0.717, 1.165) is 10.4 Å². The number of primary amides is 1. The molecular formula is C15H9Cl3N4O. The number of carbonyl (C=O) groups excluding carboxylic acids is 1. The van der Waals surface area contributed by atoms with E-state index in [1.807, 2.05) is 0 Å². The van der Waals surface area contributed by atoms with Crippen LogP contribution in [-0.4, -0.2) is 21.0 Å². The minimum absolute atomic E-state index is 0.393. The Labute approximate surface area is 146 Å². The largest absolute Gasteiger partial charge is 0.356 e. The van der Waals surface area contributed by atoms with E-state index >= 15 is 0 Å². The van der Waals surface area contributed by atoms with E-state index in [1.165, 1.54) is 0 Å². The third kappa shape index (κ3) is 3.17. The first-order chi connectivity index (χ1) is 11.0. The first-order valence-electron chi connectivity index (χ1n) is 6.44. The Hall–Kier alpha value is -2.08. The van der Waals surface area contributed by atoms with E-state index in [9.17, 15) is 4.79 Å². The topological polar surface area (TPSA) is 73.8 Å². The van der Waals surface area contributed by atoms with Gasteiger partial charge in [-0.25, -0.2) is 4.79 Å². The molecule has 0 bridgehead atoms. The lowest BCUT2D eigenvalue weighted by molar-refractivity contribution is 0.244. The fourth-order valence-electron chi connectivity index (χ4n) is 2.07. The van der Waals surface area contributed by atoms with E-state index < -0.39 is 6.03 Å². The maximum Gasteiger partial charge on any atom is 0.356 e. The second kappa shape index (κ2) is 6.20. The molecule has 1 aromatic heterocycles. The van der Waals surface area contributed by atoms with E-state index in [-0.39, 0.29) is 0 Å². The Morgan fingerprint density at radius 3 is 2.13 bits per heavy atom. The summed E-state index contributed by atoms with van der Waals surface area (Å²) in [5.74, 6) is 0. The minimum atomic E-state index is -0.795. The fraction of sp³-hybridized carbons (Fsp3) is 0. The smallest absolute Gasteiger partial charge is 0.348 e. The van der Waals surface area contributed by atoms with Crippen molar-refractivity contribution in [3.63, 3.8) is 0 Å². The molecular weight excluding hydrogens is 359 g/mol. The summed E-state index contributed by atoms with van der Waals surface area (Å²) in [6.45, 7) is 0. The Morgan fingerprint density at radius 2 is 1.52 bits per heavy atom. The second-order valence-electron chi connectivity index (χ2n) is 4.66. The highest BCUT2D eigenvalue weighted by Gasteiger charge is 2.19. The molecule has 0 aliphatic rings. The molecule has 0 saturated carbocycles. The van der Waals surface area contributed by atoms with Crippen LogP contribution in [0.3, 0.4) is 0 Å². The number of carbonyl (C=O) groups is 1. The number of rotatable bonds is 2. The zero-order valence-electron chi connectivity index (χ0n) is 11.5. The van der Waals surface area contributed by atoms with Gasteiger partial charge in [-0.15, -0.1) is 10.2 Å². The summed E-state index contributed by atoms with van der Waals surface area (Å²) in [4.78, 5) is 12.2. The lowest BCUT2D eigenvalue weighted by atomic mass is 10.1. The quantitative estimate of drug-likeness (QED) is 0.724. The van der Waals surface area contributed by atoms with Crippen molar-refractivity contribution in [3.05, 3.63) is 57.5 Å². The molecule has 2 aromatic carbocycles. The molecule has 8 heteroatoms. The predicted molar refractivity (Wildman–Crippen MR) is 90.9 cm³/mol. The number of aromatic nitrogens is 3. The number of hydrogen-bond donors (Lipinski definition) is 1. The van der Waals surface area contributed by atoms with Gasteiger partial charge in [0, 0.05) is 21.2 Å². The van der Waals surface area contributed by atoms with Gasteiger partial charge in [-0.1, -0.05) is 51.7 Å². The monoisotopic (exact) mass is 366 g/mol. The number of nitrogens with zero attached hydrogens (tertiary/aromatic N) is 3. The molecule has 0 atom stereocenters. The highest BCUT2D eigenvalue weighted by molar-refractivity contribution is 6.36. The maximum absolute atomic E-state index is 11.4. The summed E-state index contributed by atoms with van der Waals surface area (Å²) in [5.41, 5.74) is 7.46. The summed E-state index contributed by atoms with van der Waals surface area (Å²) < 4.78 is 0. The van der Waals surface area contributed by atoms with Crippen molar-refractivity contribution in [1.29, 1.82) is 0 Å². The van der Waals surface area contributed by atoms with Crippen molar-refractivity contribution in [1.82, 2.24) is 15.0 Å². The highest BCUT2D eigenvalue weighted by Crippen LogP contribution is 2.35. The molecule has 116 valence electrons. The zero-order chi connectivity index (χ0) is 16.6. The van der Waals surface area contributed by atoms with Crippen molar-refractivity contribution in [2.24, 2.45) is 5.73 Å². The number of nitrogens with two attached hydrogens (primary N) is 1. The van der Waals surface area contributed by atoms with Gasteiger partial charge in [0.2, 0.25) is 0 Å². The van der Waals surface area contributed by atoms with Gasteiger partial charge in [-0.2, -0.15) is 0 Å². The van der Waals surface area contributed by atoms with Crippen LogP contribution in [0.15, 0.2) is 42.5 Å². The van der Waals surface area contributed by atoms with Gasteiger partial charge >= 0.3 is 6.03 Å². The number of hydrogen-bond acceptors (Lipinski definition) is 3. The van der Waals surface area contributed by atoms with Gasteiger partial charge in [0.1, 0.15) is 11.4 Å². The summed E-state index contributed by atoms with van der Waals surface area (Å²) >= 11 is 18.1. The van der Waals surface area contributed by atoms with Gasteiger partial charge in [-0.05, 0) is 30.3 Å². The van der Waals surface area contributed by atoms with Gasteiger partial charge in [0.25, 0.3) is 0 Å². The van der Waals surface area contributed by atoms with Crippen LogP contribution in [-0.2, 0) is 0 Å². The summed E-state index contributed by atoms with van der Waals surface area (Å²) in [5, 5.41) is 9.76. The molecule has 3 rings (SSSR count). The van der Waals surface area contributed by atoms with Crippen molar-refractivity contribution in [2.75, 3.05) is 0 Å². The highest BCUT2D eigenvalue weighted by atomic mass is 35.5. The number of halogens is 3. The SMILES string of the molecule is NC(=O)n1nc(-c2ccc(Cl)cc2)c(-c2ccc(Cl)cc2Cl)n1. The Bertz CT molecular complexity index is 890. The Morgan fingerprint density at radius 1 is 0.913 bits per heavy atom. The number of amides is 1. The van der Waals surface area contributed by atoms with E-state index in [1.54, 1.807) is 42.5 Å². The second-order valence-corrected chi connectivity index (χ2v) is 5.94. The molecule has 0 radical (unpaired) electrons. The van der Waals surface area contributed by atoms with Crippen molar-refractivity contribution >= 4 is 40.8 Å². The first-order valence-corrected chi connectivity index (χ1v) is 7.57. The van der Waals surface area contributed by atoms with E-state index in [2.05, 4.69) is 10.2 Å². The molecule has 0 unspecified atom stereocenters. The molecule has 0 aliphatic heterocycles. The van der Waals surface area contributed by atoms with Crippen LogP contribution in [0.2, 0.25) is 15.1 Å². The van der Waals surface area contributed by atoms with Crippen LogP contribution >= 0.6 is 34.8 Å². The van der Waals surface area contributed by atoms with Crippen LogP contribution < -0.4 is 5.73 Å². The summed E-state index contributed by atoms with van der Waals surface area (Å²) in [6.07, 6.45) is 0. The fourth-order valence-corrected chi connectivity index (χ4v) is 2.69. The van der Waals surface area contributed by atoms with Crippen LogP contribution in [0.5, 0.6) is 0 Å². The standard InChI is InChI=1S/C15H9Cl3N4O/c16-9-3-1-8(2-4-9)13-14(21-22(20-13)15(19)23)11-6-5-10(17)7-12(11)18/h1-7H,(H2,19,23). The molecule has 3 aromatic rings. The van der Waals surface area contributed by atoms with Crippen LogP contribution in [0, 0.1) is 0 Å². The average molecular weight is 368 g/mol. The van der Waals surface area contributed by atoms with Crippen molar-refractivity contribution in [3.8, 4) is 22.5 Å². The number of benzene rings is 2. The van der Waals surface area contributed by atoms with Gasteiger partial charge in [0.05, 0.1) is 5.02 Å². The molecule has 0 aliphatic carbocycles. The third-order valence-electron chi connectivity index (χ3n) is 3.11. The molecule has 0 spiro atoms. The van der Waals surface area contributed by atoms with Crippen LogP contribution in [0.1, 0.15) is 0 Å². The van der Waals surface area contributed by atoms with Gasteiger partial charge < -0.3 is 5.73 Å².